The Labute approximate surface area is 73.2 Å². The van der Waals surface area contributed by atoms with Crippen LogP contribution in [-0.4, -0.2) is 36.0 Å². The van der Waals surface area contributed by atoms with Crippen LogP contribution in [0.3, 0.4) is 0 Å². The average Bonchev–Trinajstić information content (AvgIpc) is 2.05. The second-order valence-electron chi connectivity index (χ2n) is 2.91. The van der Waals surface area contributed by atoms with Gasteiger partial charge in [-0.15, -0.1) is 12.4 Å². The molecule has 0 unspecified atom stereocenters. The van der Waals surface area contributed by atoms with Crippen LogP contribution in [0.5, 0.6) is 0 Å². The van der Waals surface area contributed by atoms with Crippen LogP contribution in [0.4, 0.5) is 0 Å². The lowest BCUT2D eigenvalue weighted by molar-refractivity contribution is 0.144. The molecule has 0 saturated carbocycles. The summed E-state index contributed by atoms with van der Waals surface area (Å²) < 4.78 is 0. The summed E-state index contributed by atoms with van der Waals surface area (Å²) in [5, 5.41) is 20.7. The number of aliphatic hydroxyl groups is 2. The topological polar surface area (TPSA) is 52.5 Å². The van der Waals surface area contributed by atoms with E-state index in [9.17, 15) is 0 Å². The third kappa shape index (κ3) is 3.38. The molecule has 0 aromatic heterocycles. The highest BCUT2D eigenvalue weighted by atomic mass is 35.5. The number of hydrogen-bond donors (Lipinski definition) is 3. The van der Waals surface area contributed by atoms with E-state index in [0.717, 1.165) is 19.4 Å². The zero-order chi connectivity index (χ0) is 7.40. The molecule has 0 radical (unpaired) electrons. The van der Waals surface area contributed by atoms with Crippen LogP contribution in [0.25, 0.3) is 0 Å². The first-order valence-electron chi connectivity index (χ1n) is 3.82. The predicted molar refractivity (Wildman–Crippen MR) is 45.9 cm³/mol. The Bertz CT molecular complexity index is 92.4. The summed E-state index contributed by atoms with van der Waals surface area (Å²) in [6.07, 6.45) is 1.94. The molecule has 4 heteroatoms. The molecule has 0 aromatic rings. The van der Waals surface area contributed by atoms with Gasteiger partial charge in [-0.2, -0.15) is 0 Å². The lowest BCUT2D eigenvalue weighted by Gasteiger charge is -2.27. The van der Waals surface area contributed by atoms with Crippen LogP contribution in [0.2, 0.25) is 0 Å². The van der Waals surface area contributed by atoms with Crippen LogP contribution in [0.1, 0.15) is 12.8 Å². The van der Waals surface area contributed by atoms with E-state index in [1.165, 1.54) is 0 Å². The lowest BCUT2D eigenvalue weighted by Crippen LogP contribution is -2.41. The van der Waals surface area contributed by atoms with Gasteiger partial charge in [-0.1, -0.05) is 0 Å². The van der Waals surface area contributed by atoms with Crippen molar-refractivity contribution in [2.45, 2.75) is 18.9 Å². The van der Waals surface area contributed by atoms with E-state index in [4.69, 9.17) is 10.2 Å². The van der Waals surface area contributed by atoms with Gasteiger partial charge in [0, 0.05) is 12.6 Å². The van der Waals surface area contributed by atoms with E-state index >= 15 is 0 Å². The van der Waals surface area contributed by atoms with Crippen molar-refractivity contribution >= 4 is 12.4 Å². The van der Waals surface area contributed by atoms with Gasteiger partial charge >= 0.3 is 0 Å². The summed E-state index contributed by atoms with van der Waals surface area (Å²) in [5.74, 6) is 0.401. The van der Waals surface area contributed by atoms with E-state index in [0.29, 0.717) is 5.92 Å². The first kappa shape index (κ1) is 11.2. The minimum atomic E-state index is 0. The van der Waals surface area contributed by atoms with Crippen molar-refractivity contribution in [2.75, 3.05) is 19.8 Å². The molecule has 0 aliphatic carbocycles. The minimum Gasteiger partial charge on any atom is -0.396 e. The molecule has 1 rings (SSSR count). The summed E-state index contributed by atoms with van der Waals surface area (Å²) >= 11 is 0. The normalized spacial score (nSPS) is 31.1. The third-order valence-corrected chi connectivity index (χ3v) is 2.08. The summed E-state index contributed by atoms with van der Waals surface area (Å²) in [6, 6.07) is 0.214. The summed E-state index contributed by atoms with van der Waals surface area (Å²) in [6.45, 7) is 1.38. The highest BCUT2D eigenvalue weighted by Gasteiger charge is 2.19. The monoisotopic (exact) mass is 181 g/mol. The van der Waals surface area contributed by atoms with Gasteiger partial charge in [-0.3, -0.25) is 0 Å². The van der Waals surface area contributed by atoms with Crippen molar-refractivity contribution in [1.82, 2.24) is 5.32 Å². The molecular formula is C7H16ClNO2. The number of rotatable bonds is 2. The van der Waals surface area contributed by atoms with Crippen LogP contribution in [0, 0.1) is 5.92 Å². The maximum Gasteiger partial charge on any atom is 0.0584 e. The van der Waals surface area contributed by atoms with Crippen LogP contribution in [0.15, 0.2) is 0 Å². The second-order valence-corrected chi connectivity index (χ2v) is 2.91. The van der Waals surface area contributed by atoms with Gasteiger partial charge in [0.15, 0.2) is 0 Å². The van der Waals surface area contributed by atoms with Gasteiger partial charge in [0.1, 0.15) is 0 Å². The predicted octanol–water partition coefficient (Wildman–Crippen LogP) is -0.239. The quantitative estimate of drug-likeness (QED) is 0.551. The Hall–Kier alpha value is 0.170. The molecule has 1 aliphatic heterocycles. The Morgan fingerprint density at radius 2 is 2.00 bits per heavy atom. The molecule has 1 saturated heterocycles. The van der Waals surface area contributed by atoms with E-state index in [1.54, 1.807) is 0 Å². The molecular weight excluding hydrogens is 166 g/mol. The maximum atomic E-state index is 8.79. The number of aliphatic hydroxyl groups excluding tert-OH is 2. The number of hydrogen-bond acceptors (Lipinski definition) is 3. The summed E-state index contributed by atoms with van der Waals surface area (Å²) in [7, 11) is 0. The molecule has 3 nitrogen and oxygen atoms in total. The summed E-state index contributed by atoms with van der Waals surface area (Å²) in [4.78, 5) is 0. The molecule has 11 heavy (non-hydrogen) atoms. The zero-order valence-corrected chi connectivity index (χ0v) is 7.31. The fourth-order valence-electron chi connectivity index (χ4n) is 1.40. The largest absolute Gasteiger partial charge is 0.396 e. The van der Waals surface area contributed by atoms with Crippen molar-refractivity contribution in [3.8, 4) is 0 Å². The SMILES string of the molecule is Cl.OC[C@@H]1CCN[C@H](CO)C1. The van der Waals surface area contributed by atoms with Crippen molar-refractivity contribution < 1.29 is 10.2 Å². The Kier molecular flexibility index (Phi) is 5.86. The van der Waals surface area contributed by atoms with Crippen molar-refractivity contribution in [1.29, 1.82) is 0 Å². The standard InChI is InChI=1S/C7H15NO2.ClH/c9-4-6-1-2-8-7(3-6)5-10;/h6-10H,1-5H2;1H/t6-,7+;/m1./s1. The van der Waals surface area contributed by atoms with Crippen LogP contribution < -0.4 is 5.32 Å². The van der Waals surface area contributed by atoms with E-state index in [1.807, 2.05) is 0 Å². The van der Waals surface area contributed by atoms with Crippen molar-refractivity contribution in [2.24, 2.45) is 5.92 Å². The Balaban J connectivity index is 0.000001000. The van der Waals surface area contributed by atoms with E-state index in [-0.39, 0.29) is 31.7 Å². The van der Waals surface area contributed by atoms with Gasteiger partial charge in [0.25, 0.3) is 0 Å². The third-order valence-electron chi connectivity index (χ3n) is 2.08. The first-order chi connectivity index (χ1) is 4.86. The van der Waals surface area contributed by atoms with Gasteiger partial charge in [0.05, 0.1) is 6.61 Å². The molecule has 0 aromatic carbocycles. The molecule has 0 spiro atoms. The van der Waals surface area contributed by atoms with Crippen LogP contribution >= 0.6 is 12.4 Å². The summed E-state index contributed by atoms with van der Waals surface area (Å²) in [5.41, 5.74) is 0. The average molecular weight is 182 g/mol. The fourth-order valence-corrected chi connectivity index (χ4v) is 1.40. The molecule has 0 amide bonds. The van der Waals surface area contributed by atoms with E-state index in [2.05, 4.69) is 5.32 Å². The maximum absolute atomic E-state index is 8.79. The van der Waals surface area contributed by atoms with E-state index < -0.39 is 0 Å². The lowest BCUT2D eigenvalue weighted by atomic mass is 9.94. The zero-order valence-electron chi connectivity index (χ0n) is 6.49. The van der Waals surface area contributed by atoms with Gasteiger partial charge in [-0.25, -0.2) is 0 Å². The van der Waals surface area contributed by atoms with Crippen molar-refractivity contribution in [3.05, 3.63) is 0 Å². The number of piperidine rings is 1. The fraction of sp³-hybridized carbons (Fsp3) is 1.00. The molecule has 1 heterocycles. The number of halogens is 1. The van der Waals surface area contributed by atoms with Gasteiger partial charge in [0.2, 0.25) is 0 Å². The molecule has 68 valence electrons. The Morgan fingerprint density at radius 3 is 2.55 bits per heavy atom. The Morgan fingerprint density at radius 1 is 1.27 bits per heavy atom. The minimum absolute atomic E-state index is 0. The molecule has 0 bridgehead atoms. The first-order valence-corrected chi connectivity index (χ1v) is 3.82. The number of nitrogens with one attached hydrogen (secondary N) is 1. The van der Waals surface area contributed by atoms with Crippen molar-refractivity contribution in [3.63, 3.8) is 0 Å². The van der Waals surface area contributed by atoms with Gasteiger partial charge < -0.3 is 15.5 Å². The highest BCUT2D eigenvalue weighted by Crippen LogP contribution is 2.14. The smallest absolute Gasteiger partial charge is 0.0584 e. The molecule has 1 fully saturated rings. The molecule has 3 N–H and O–H groups in total. The van der Waals surface area contributed by atoms with Crippen LogP contribution in [-0.2, 0) is 0 Å². The molecule has 2 atom stereocenters. The highest BCUT2D eigenvalue weighted by molar-refractivity contribution is 5.85. The van der Waals surface area contributed by atoms with Gasteiger partial charge in [-0.05, 0) is 25.3 Å². The molecule has 1 aliphatic rings. The second kappa shape index (κ2) is 5.77.